The fraction of sp³-hybridized carbons (Fsp3) is 0.355. The second-order valence-corrected chi connectivity index (χ2v) is 10.6. The van der Waals surface area contributed by atoms with Crippen LogP contribution in [0.5, 0.6) is 5.75 Å². The quantitative estimate of drug-likeness (QED) is 0.319. The van der Waals surface area contributed by atoms with Gasteiger partial charge in [0.15, 0.2) is 0 Å². The van der Waals surface area contributed by atoms with Crippen molar-refractivity contribution in [2.75, 3.05) is 19.0 Å². The van der Waals surface area contributed by atoms with Crippen molar-refractivity contribution in [3.8, 4) is 5.75 Å². The zero-order valence-corrected chi connectivity index (χ0v) is 22.7. The third-order valence-electron chi connectivity index (χ3n) is 7.82. The number of alkyl halides is 3. The average molecular weight is 567 g/mol. The standard InChI is InChI=1S/C31H33F3N4O3/c1-41-26-13-9-20(10-14-26)19-38-24-11-12-25(38)17-23(16-24)37-29(39)18-35-30(40)27-7-2-3-8-28(27)36-22-6-4-5-21(15-22)31(32,33)34/h2-10,13-15,23-25,36H,11-12,16-19H2,1H3,(H,35,40)(H,37,39)/t23?,24-,25+. The van der Waals surface area contributed by atoms with Crippen LogP contribution < -0.4 is 20.7 Å². The Balaban J connectivity index is 1.13. The third kappa shape index (κ3) is 7.00. The highest BCUT2D eigenvalue weighted by Crippen LogP contribution is 2.37. The van der Waals surface area contributed by atoms with E-state index in [-0.39, 0.29) is 29.7 Å². The van der Waals surface area contributed by atoms with Crippen molar-refractivity contribution >= 4 is 23.2 Å². The third-order valence-corrected chi connectivity index (χ3v) is 7.82. The summed E-state index contributed by atoms with van der Waals surface area (Å²) in [6, 6.07) is 20.2. The van der Waals surface area contributed by atoms with Crippen LogP contribution in [0.4, 0.5) is 24.5 Å². The highest BCUT2D eigenvalue weighted by Gasteiger charge is 2.41. The first-order valence-electron chi connectivity index (χ1n) is 13.7. The summed E-state index contributed by atoms with van der Waals surface area (Å²) in [5, 5.41) is 8.62. The minimum absolute atomic E-state index is 0.0406. The lowest BCUT2D eigenvalue weighted by Gasteiger charge is -2.39. The maximum atomic E-state index is 13.1. The molecule has 10 heteroatoms. The molecule has 3 N–H and O–H groups in total. The lowest BCUT2D eigenvalue weighted by molar-refractivity contribution is -0.137. The van der Waals surface area contributed by atoms with E-state index < -0.39 is 17.6 Å². The number of carbonyl (C=O) groups is 2. The molecule has 2 fully saturated rings. The number of rotatable bonds is 9. The molecule has 41 heavy (non-hydrogen) atoms. The molecule has 0 aliphatic carbocycles. The highest BCUT2D eigenvalue weighted by atomic mass is 19.4. The van der Waals surface area contributed by atoms with E-state index >= 15 is 0 Å². The topological polar surface area (TPSA) is 82.7 Å². The summed E-state index contributed by atoms with van der Waals surface area (Å²) in [4.78, 5) is 28.2. The molecule has 0 saturated carbocycles. The molecule has 3 aromatic rings. The molecule has 2 aliphatic rings. The van der Waals surface area contributed by atoms with Gasteiger partial charge in [-0.15, -0.1) is 0 Å². The molecule has 0 radical (unpaired) electrons. The molecule has 7 nitrogen and oxygen atoms in total. The number of fused-ring (bicyclic) bond motifs is 2. The van der Waals surface area contributed by atoms with E-state index in [0.717, 1.165) is 50.1 Å². The Bertz CT molecular complexity index is 1370. The van der Waals surface area contributed by atoms with Crippen molar-refractivity contribution in [1.29, 1.82) is 0 Å². The fourth-order valence-electron chi connectivity index (χ4n) is 5.85. The number of anilines is 2. The van der Waals surface area contributed by atoms with Crippen molar-refractivity contribution in [3.05, 3.63) is 89.5 Å². The number of ether oxygens (including phenoxy) is 1. The Morgan fingerprint density at radius 2 is 1.66 bits per heavy atom. The Morgan fingerprint density at radius 1 is 0.951 bits per heavy atom. The molecule has 2 amide bonds. The molecule has 2 saturated heterocycles. The maximum Gasteiger partial charge on any atom is 0.416 e. The number of hydrogen-bond donors (Lipinski definition) is 3. The SMILES string of the molecule is COc1ccc(CN2[C@@H]3CC[C@H]2CC(NC(=O)CNC(=O)c2ccccc2Nc2cccc(C(F)(F)F)c2)C3)cc1. The number of nitrogens with zero attached hydrogens (tertiary/aromatic N) is 1. The molecule has 3 atom stereocenters. The zero-order chi connectivity index (χ0) is 29.0. The van der Waals surface area contributed by atoms with Crippen molar-refractivity contribution < 1.29 is 27.5 Å². The molecule has 5 rings (SSSR count). The number of benzene rings is 3. The van der Waals surface area contributed by atoms with Gasteiger partial charge in [-0.25, -0.2) is 0 Å². The van der Waals surface area contributed by atoms with Gasteiger partial charge in [-0.05, 0) is 73.7 Å². The van der Waals surface area contributed by atoms with E-state index in [1.54, 1.807) is 31.4 Å². The lowest BCUT2D eigenvalue weighted by atomic mass is 9.96. The summed E-state index contributed by atoms with van der Waals surface area (Å²) >= 11 is 0. The summed E-state index contributed by atoms with van der Waals surface area (Å²) in [6.07, 6.45) is -0.569. The smallest absolute Gasteiger partial charge is 0.416 e. The number of hydrogen-bond acceptors (Lipinski definition) is 5. The first-order chi connectivity index (χ1) is 19.7. The molecule has 2 heterocycles. The summed E-state index contributed by atoms with van der Waals surface area (Å²) in [6.45, 7) is 0.669. The lowest BCUT2D eigenvalue weighted by Crippen LogP contribution is -2.51. The monoisotopic (exact) mass is 566 g/mol. The molecule has 0 aromatic heterocycles. The van der Waals surface area contributed by atoms with Crippen molar-refractivity contribution in [2.45, 2.75) is 56.5 Å². The minimum atomic E-state index is -4.48. The van der Waals surface area contributed by atoms with Crippen LogP contribution in [0.1, 0.15) is 47.2 Å². The van der Waals surface area contributed by atoms with Crippen LogP contribution in [-0.2, 0) is 17.5 Å². The summed E-state index contributed by atoms with van der Waals surface area (Å²) in [5.74, 6) is 0.0694. The van der Waals surface area contributed by atoms with E-state index in [9.17, 15) is 22.8 Å². The molecular weight excluding hydrogens is 533 g/mol. The van der Waals surface area contributed by atoms with Gasteiger partial charge in [0.25, 0.3) is 5.91 Å². The second kappa shape index (κ2) is 12.2. The first-order valence-corrected chi connectivity index (χ1v) is 13.7. The normalized spacial score (nSPS) is 20.3. The van der Waals surface area contributed by atoms with Gasteiger partial charge in [0, 0.05) is 30.4 Å². The molecular formula is C31H33F3N4O3. The number of nitrogens with one attached hydrogen (secondary N) is 3. The number of para-hydroxylation sites is 1. The van der Waals surface area contributed by atoms with E-state index in [1.807, 2.05) is 12.1 Å². The fourth-order valence-corrected chi connectivity index (χ4v) is 5.85. The van der Waals surface area contributed by atoms with Crippen molar-refractivity contribution in [1.82, 2.24) is 15.5 Å². The molecule has 216 valence electrons. The van der Waals surface area contributed by atoms with E-state index in [4.69, 9.17) is 4.74 Å². The molecule has 3 aromatic carbocycles. The van der Waals surface area contributed by atoms with Gasteiger partial charge >= 0.3 is 6.18 Å². The minimum Gasteiger partial charge on any atom is -0.497 e. The molecule has 2 aliphatic heterocycles. The zero-order valence-electron chi connectivity index (χ0n) is 22.7. The van der Waals surface area contributed by atoms with E-state index in [1.165, 1.54) is 17.7 Å². The summed E-state index contributed by atoms with van der Waals surface area (Å²) < 4.78 is 44.6. The Labute approximate surface area is 237 Å². The Kier molecular flexibility index (Phi) is 8.49. The second-order valence-electron chi connectivity index (χ2n) is 10.6. The number of halogens is 3. The van der Waals surface area contributed by atoms with Gasteiger partial charge in [0.1, 0.15) is 5.75 Å². The highest BCUT2D eigenvalue weighted by molar-refractivity contribution is 6.01. The predicted molar refractivity (Wildman–Crippen MR) is 150 cm³/mol. The van der Waals surface area contributed by atoms with Crippen molar-refractivity contribution in [2.24, 2.45) is 0 Å². The van der Waals surface area contributed by atoms with Crippen LogP contribution >= 0.6 is 0 Å². The molecule has 0 spiro atoms. The van der Waals surface area contributed by atoms with Crippen LogP contribution in [0.3, 0.4) is 0 Å². The van der Waals surface area contributed by atoms with Gasteiger partial charge in [-0.2, -0.15) is 13.2 Å². The van der Waals surface area contributed by atoms with Crippen LogP contribution in [0.25, 0.3) is 0 Å². The first kappa shape index (κ1) is 28.5. The van der Waals surface area contributed by atoms with Gasteiger partial charge in [0.2, 0.25) is 5.91 Å². The van der Waals surface area contributed by atoms with E-state index in [0.29, 0.717) is 17.8 Å². The van der Waals surface area contributed by atoms with Gasteiger partial charge < -0.3 is 20.7 Å². The molecule has 1 unspecified atom stereocenters. The van der Waals surface area contributed by atoms with Crippen molar-refractivity contribution in [3.63, 3.8) is 0 Å². The van der Waals surface area contributed by atoms with Crippen LogP contribution in [0.15, 0.2) is 72.8 Å². The number of piperidine rings is 1. The Morgan fingerprint density at radius 3 is 2.34 bits per heavy atom. The van der Waals surface area contributed by atoms with E-state index in [2.05, 4.69) is 33.0 Å². The van der Waals surface area contributed by atoms with Gasteiger partial charge in [-0.3, -0.25) is 14.5 Å². The molecule has 2 bridgehead atoms. The largest absolute Gasteiger partial charge is 0.497 e. The van der Waals surface area contributed by atoms with Gasteiger partial charge in [-0.1, -0.05) is 30.3 Å². The number of carbonyl (C=O) groups excluding carboxylic acids is 2. The van der Waals surface area contributed by atoms with Crippen LogP contribution in [-0.4, -0.2) is 48.5 Å². The van der Waals surface area contributed by atoms with Gasteiger partial charge in [0.05, 0.1) is 30.5 Å². The maximum absolute atomic E-state index is 13.1. The van der Waals surface area contributed by atoms with Crippen LogP contribution in [0, 0.1) is 0 Å². The average Bonchev–Trinajstić information content (AvgIpc) is 3.18. The summed E-state index contributed by atoms with van der Waals surface area (Å²) in [7, 11) is 1.65. The number of methoxy groups -OCH3 is 1. The number of amides is 2. The Hall–Kier alpha value is -4.05. The van der Waals surface area contributed by atoms with Crippen LogP contribution in [0.2, 0.25) is 0 Å². The summed E-state index contributed by atoms with van der Waals surface area (Å²) in [5.41, 5.74) is 1.20. The predicted octanol–water partition coefficient (Wildman–Crippen LogP) is 5.50.